The van der Waals surface area contributed by atoms with Gasteiger partial charge >= 0.3 is 5.97 Å². The number of esters is 1. The van der Waals surface area contributed by atoms with Gasteiger partial charge in [0.2, 0.25) is 0 Å². The number of aromatic nitrogens is 2. The molecular weight excluding hydrogens is 441 g/mol. The number of fused-ring (bicyclic) bond motifs is 1. The minimum Gasteiger partial charge on any atom is -0.462 e. The van der Waals surface area contributed by atoms with E-state index in [1.54, 1.807) is 19.9 Å². The van der Waals surface area contributed by atoms with Crippen LogP contribution in [0.15, 0.2) is 23.0 Å². The topological polar surface area (TPSA) is 115 Å². The molecule has 0 bridgehead atoms. The minimum atomic E-state index is -0.606. The van der Waals surface area contributed by atoms with E-state index in [0.717, 1.165) is 11.3 Å². The van der Waals surface area contributed by atoms with E-state index >= 15 is 0 Å². The summed E-state index contributed by atoms with van der Waals surface area (Å²) in [6.07, 6.45) is 1.42. The Morgan fingerprint density at radius 2 is 2.17 bits per heavy atom. The van der Waals surface area contributed by atoms with E-state index in [0.29, 0.717) is 20.8 Å². The molecule has 0 saturated carbocycles. The Labute approximate surface area is 177 Å². The first kappa shape index (κ1) is 21.0. The van der Waals surface area contributed by atoms with Crippen LogP contribution >= 0.6 is 34.5 Å². The number of halogens is 2. The molecule has 150 valence electrons. The van der Waals surface area contributed by atoms with Crippen LogP contribution in [0.4, 0.5) is 5.69 Å². The lowest BCUT2D eigenvalue weighted by molar-refractivity contribution is -0.384. The van der Waals surface area contributed by atoms with E-state index in [-0.39, 0.29) is 33.6 Å². The summed E-state index contributed by atoms with van der Waals surface area (Å²) in [5.41, 5.74) is 0.165. The number of H-pyrrole nitrogens is 1. The van der Waals surface area contributed by atoms with Gasteiger partial charge in [-0.15, -0.1) is 11.3 Å². The zero-order chi connectivity index (χ0) is 21.3. The molecule has 0 radical (unpaired) electrons. The number of nitrogens with one attached hydrogen (secondary N) is 1. The normalized spacial score (nSPS) is 11.7. The number of nitro benzene ring substituents is 1. The fraction of sp³-hybridized carbons (Fsp3) is 0.167. The van der Waals surface area contributed by atoms with Crippen molar-refractivity contribution < 1.29 is 14.5 Å². The number of hydrogen-bond acceptors (Lipinski definition) is 7. The summed E-state index contributed by atoms with van der Waals surface area (Å²) in [4.78, 5) is 42.5. The van der Waals surface area contributed by atoms with Gasteiger partial charge < -0.3 is 9.72 Å². The number of aromatic amines is 1. The second kappa shape index (κ2) is 8.32. The fourth-order valence-electron chi connectivity index (χ4n) is 2.62. The summed E-state index contributed by atoms with van der Waals surface area (Å²) >= 11 is 13.1. The van der Waals surface area contributed by atoms with Crippen LogP contribution in [-0.4, -0.2) is 27.5 Å². The summed E-state index contributed by atoms with van der Waals surface area (Å²) in [6, 6.07) is 4.18. The molecule has 0 fully saturated rings. The molecule has 0 unspecified atom stereocenters. The molecule has 1 aromatic carbocycles. The van der Waals surface area contributed by atoms with E-state index in [4.69, 9.17) is 27.9 Å². The first-order valence-electron chi connectivity index (χ1n) is 8.25. The van der Waals surface area contributed by atoms with Gasteiger partial charge in [-0.05, 0) is 37.1 Å². The number of thiophene rings is 1. The molecule has 2 aromatic heterocycles. The largest absolute Gasteiger partial charge is 0.462 e. The molecule has 11 heteroatoms. The summed E-state index contributed by atoms with van der Waals surface area (Å²) < 4.78 is 5.00. The Bertz CT molecular complexity index is 1230. The molecule has 0 aliphatic heterocycles. The van der Waals surface area contributed by atoms with Gasteiger partial charge in [0.25, 0.3) is 11.2 Å². The van der Waals surface area contributed by atoms with Crippen LogP contribution in [0, 0.1) is 17.0 Å². The van der Waals surface area contributed by atoms with Gasteiger partial charge in [0, 0.05) is 6.07 Å². The maximum atomic E-state index is 12.5. The number of benzene rings is 1. The van der Waals surface area contributed by atoms with Crippen LogP contribution in [0.1, 0.15) is 33.5 Å². The Kier molecular flexibility index (Phi) is 6.02. The highest BCUT2D eigenvalue weighted by Gasteiger charge is 2.21. The molecule has 0 saturated heterocycles. The molecule has 8 nitrogen and oxygen atoms in total. The quantitative estimate of drug-likeness (QED) is 0.337. The van der Waals surface area contributed by atoms with Gasteiger partial charge in [-0.25, -0.2) is 9.78 Å². The molecule has 2 heterocycles. The summed E-state index contributed by atoms with van der Waals surface area (Å²) in [5, 5.41) is 11.4. The number of carbonyl (C=O) groups excluding carboxylic acids is 1. The Morgan fingerprint density at radius 1 is 1.45 bits per heavy atom. The number of nitrogens with zero attached hydrogens (tertiary/aromatic N) is 2. The van der Waals surface area contributed by atoms with Crippen molar-refractivity contribution in [2.45, 2.75) is 13.8 Å². The highest BCUT2D eigenvalue weighted by Crippen LogP contribution is 2.30. The van der Waals surface area contributed by atoms with Crippen LogP contribution in [0.2, 0.25) is 5.02 Å². The summed E-state index contributed by atoms with van der Waals surface area (Å²) in [6.45, 7) is 3.55. The number of nitro groups is 1. The van der Waals surface area contributed by atoms with Crippen molar-refractivity contribution in [3.63, 3.8) is 0 Å². The zero-order valence-corrected chi connectivity index (χ0v) is 17.4. The molecule has 0 aliphatic carbocycles. The van der Waals surface area contributed by atoms with E-state index in [9.17, 15) is 19.7 Å². The lowest BCUT2D eigenvalue weighted by atomic mass is 10.2. The lowest BCUT2D eigenvalue weighted by Gasteiger charge is -2.01. The highest BCUT2D eigenvalue weighted by molar-refractivity contribution is 7.20. The van der Waals surface area contributed by atoms with E-state index < -0.39 is 16.5 Å². The van der Waals surface area contributed by atoms with Gasteiger partial charge in [-0.1, -0.05) is 29.3 Å². The van der Waals surface area contributed by atoms with Crippen molar-refractivity contribution >= 4 is 67.5 Å². The third-order valence-electron chi connectivity index (χ3n) is 3.95. The second-order valence-electron chi connectivity index (χ2n) is 5.83. The zero-order valence-electron chi connectivity index (χ0n) is 15.1. The average molecular weight is 454 g/mol. The van der Waals surface area contributed by atoms with Crippen LogP contribution in [0.25, 0.3) is 21.3 Å². The van der Waals surface area contributed by atoms with Gasteiger partial charge in [0.1, 0.15) is 14.7 Å². The number of hydrogen-bond donors (Lipinski definition) is 1. The molecule has 0 atom stereocenters. The smallest absolute Gasteiger partial charge is 0.348 e. The number of rotatable bonds is 5. The maximum absolute atomic E-state index is 12.5. The third-order valence-corrected chi connectivity index (χ3v) is 5.72. The summed E-state index contributed by atoms with van der Waals surface area (Å²) in [5.74, 6) is -0.456. The van der Waals surface area contributed by atoms with Crippen molar-refractivity contribution in [2.24, 2.45) is 0 Å². The molecule has 0 amide bonds. The van der Waals surface area contributed by atoms with Crippen molar-refractivity contribution in [2.75, 3.05) is 6.61 Å². The lowest BCUT2D eigenvalue weighted by Crippen LogP contribution is -2.11. The predicted octanol–water partition coefficient (Wildman–Crippen LogP) is 4.77. The molecule has 3 aromatic rings. The third kappa shape index (κ3) is 4.16. The van der Waals surface area contributed by atoms with Crippen molar-refractivity contribution in [3.05, 3.63) is 65.5 Å². The number of carbonyl (C=O) groups is 1. The molecule has 0 aliphatic rings. The molecule has 3 rings (SSSR count). The van der Waals surface area contributed by atoms with Gasteiger partial charge in [0.15, 0.2) is 5.82 Å². The first-order chi connectivity index (χ1) is 13.7. The standard InChI is InChI=1S/C18H13Cl2N3O5S/c1-3-28-18(25)14-8(2)13-16(24)21-15(22-17(13)29-14)11(20)6-9-4-5-10(19)12(7-9)23(26)27/h4-7H,3H2,1-2H3,(H,21,22,24)/b11-6-. The van der Waals surface area contributed by atoms with Crippen LogP contribution in [0.3, 0.4) is 0 Å². The van der Waals surface area contributed by atoms with E-state index in [1.807, 2.05) is 0 Å². The Hall–Kier alpha value is -2.75. The second-order valence-corrected chi connectivity index (χ2v) is 7.65. The molecule has 0 spiro atoms. The van der Waals surface area contributed by atoms with Gasteiger partial charge in [0.05, 0.1) is 21.9 Å². The van der Waals surface area contributed by atoms with Crippen molar-refractivity contribution in [1.29, 1.82) is 0 Å². The average Bonchev–Trinajstić information content (AvgIpc) is 3.00. The SMILES string of the molecule is CCOC(=O)c1sc2nc(/C(Cl)=C/c3ccc(Cl)c([N+](=O)[O-])c3)[nH]c(=O)c2c1C. The van der Waals surface area contributed by atoms with Gasteiger partial charge in [-0.3, -0.25) is 14.9 Å². The molecule has 1 N–H and O–H groups in total. The molecule has 29 heavy (non-hydrogen) atoms. The summed E-state index contributed by atoms with van der Waals surface area (Å²) in [7, 11) is 0. The Balaban J connectivity index is 2.07. The van der Waals surface area contributed by atoms with E-state index in [1.165, 1.54) is 18.2 Å². The monoisotopic (exact) mass is 453 g/mol. The highest BCUT2D eigenvalue weighted by atomic mass is 35.5. The maximum Gasteiger partial charge on any atom is 0.348 e. The van der Waals surface area contributed by atoms with Crippen molar-refractivity contribution in [1.82, 2.24) is 9.97 Å². The van der Waals surface area contributed by atoms with Crippen LogP contribution in [0.5, 0.6) is 0 Å². The van der Waals surface area contributed by atoms with Crippen molar-refractivity contribution in [3.8, 4) is 0 Å². The number of ether oxygens (including phenoxy) is 1. The van der Waals surface area contributed by atoms with E-state index in [2.05, 4.69) is 9.97 Å². The minimum absolute atomic E-state index is 0.00298. The van der Waals surface area contributed by atoms with Gasteiger partial charge in [-0.2, -0.15) is 0 Å². The van der Waals surface area contributed by atoms with Crippen LogP contribution in [-0.2, 0) is 4.74 Å². The first-order valence-corrected chi connectivity index (χ1v) is 9.82. The molecular formula is C18H13Cl2N3O5S. The Morgan fingerprint density at radius 3 is 2.83 bits per heavy atom. The number of aryl methyl sites for hydroxylation is 1. The fourth-order valence-corrected chi connectivity index (χ4v) is 4.10. The predicted molar refractivity (Wildman–Crippen MR) is 113 cm³/mol. The van der Waals surface area contributed by atoms with Crippen LogP contribution < -0.4 is 5.56 Å².